The highest BCUT2D eigenvalue weighted by molar-refractivity contribution is 5.87. The lowest BCUT2D eigenvalue weighted by Crippen LogP contribution is -2.43. The molecule has 0 spiro atoms. The van der Waals surface area contributed by atoms with Crippen LogP contribution in [0.15, 0.2) is 23.6 Å². The molecule has 21 heavy (non-hydrogen) atoms. The summed E-state index contributed by atoms with van der Waals surface area (Å²) in [5, 5.41) is 3.72. The number of hydrogen-bond acceptors (Lipinski definition) is 5. The van der Waals surface area contributed by atoms with Gasteiger partial charge in [0.1, 0.15) is 0 Å². The third-order valence-corrected chi connectivity index (χ3v) is 3.78. The van der Waals surface area contributed by atoms with Crippen LogP contribution >= 0.6 is 0 Å². The third-order valence-electron chi connectivity index (χ3n) is 3.78. The van der Waals surface area contributed by atoms with Gasteiger partial charge in [-0.3, -0.25) is 9.59 Å². The van der Waals surface area contributed by atoms with Gasteiger partial charge >= 0.3 is 0 Å². The summed E-state index contributed by atoms with van der Waals surface area (Å²) < 4.78 is 4.66. The molecular formula is C14H20N4O3. The van der Waals surface area contributed by atoms with Gasteiger partial charge in [-0.1, -0.05) is 11.7 Å². The van der Waals surface area contributed by atoms with Crippen LogP contribution in [0.3, 0.4) is 0 Å². The zero-order valence-electron chi connectivity index (χ0n) is 12.2. The molecule has 0 aliphatic carbocycles. The van der Waals surface area contributed by atoms with Gasteiger partial charge in [-0.05, 0) is 18.9 Å². The molecule has 0 radical (unpaired) electrons. The second-order valence-corrected chi connectivity index (χ2v) is 5.16. The zero-order chi connectivity index (χ0) is 15.2. The second-order valence-electron chi connectivity index (χ2n) is 5.16. The Morgan fingerprint density at radius 1 is 1.52 bits per heavy atom. The topological polar surface area (TPSA) is 79.5 Å². The van der Waals surface area contributed by atoms with E-state index in [9.17, 15) is 9.59 Å². The molecule has 2 amide bonds. The Hall–Kier alpha value is -2.18. The van der Waals surface area contributed by atoms with E-state index >= 15 is 0 Å². The maximum Gasteiger partial charge on any atom is 0.245 e. The monoisotopic (exact) mass is 292 g/mol. The Balaban J connectivity index is 1.78. The first-order chi connectivity index (χ1) is 10.1. The Labute approximate surface area is 123 Å². The molecule has 0 aromatic carbocycles. The van der Waals surface area contributed by atoms with Gasteiger partial charge in [0.2, 0.25) is 18.2 Å². The molecule has 114 valence electrons. The molecule has 1 fully saturated rings. The van der Waals surface area contributed by atoms with E-state index in [2.05, 4.69) is 21.2 Å². The Morgan fingerprint density at radius 2 is 2.24 bits per heavy atom. The summed E-state index contributed by atoms with van der Waals surface area (Å²) in [6.07, 6.45) is 4.57. The van der Waals surface area contributed by atoms with E-state index in [1.807, 2.05) is 0 Å². The molecule has 0 N–H and O–H groups in total. The Kier molecular flexibility index (Phi) is 5.08. The lowest BCUT2D eigenvalue weighted by molar-refractivity contribution is -0.138. The highest BCUT2D eigenvalue weighted by atomic mass is 16.5. The summed E-state index contributed by atoms with van der Waals surface area (Å²) in [5.41, 5.74) is 0. The molecule has 2 heterocycles. The molecule has 1 aromatic heterocycles. The standard InChI is InChI=1S/C14H20N4O3/c1-3-13(19)18-8-4-11(5-9-18)14(20)17(2)7-6-12-15-10-21-16-12/h3,10-11H,1,4-9H2,2H3. The quantitative estimate of drug-likeness (QED) is 0.738. The normalized spacial score (nSPS) is 15.8. The SMILES string of the molecule is C=CC(=O)N1CCC(C(=O)N(C)CCc2ncon2)CC1. The van der Waals surface area contributed by atoms with Gasteiger partial charge in [0.25, 0.3) is 0 Å². The zero-order valence-corrected chi connectivity index (χ0v) is 12.2. The molecule has 7 nitrogen and oxygen atoms in total. The van der Waals surface area contributed by atoms with Gasteiger partial charge in [0.15, 0.2) is 5.82 Å². The van der Waals surface area contributed by atoms with Gasteiger partial charge in [-0.15, -0.1) is 0 Å². The summed E-state index contributed by atoms with van der Waals surface area (Å²) >= 11 is 0. The predicted octanol–water partition coefficient (Wildman–Crippen LogP) is 0.495. The van der Waals surface area contributed by atoms with E-state index in [-0.39, 0.29) is 17.7 Å². The van der Waals surface area contributed by atoms with E-state index in [1.165, 1.54) is 12.5 Å². The molecule has 0 bridgehead atoms. The van der Waals surface area contributed by atoms with Crippen molar-refractivity contribution in [2.75, 3.05) is 26.7 Å². The fraction of sp³-hybridized carbons (Fsp3) is 0.571. The molecule has 0 saturated carbocycles. The van der Waals surface area contributed by atoms with Gasteiger partial charge in [0, 0.05) is 39.0 Å². The maximum absolute atomic E-state index is 12.3. The summed E-state index contributed by atoms with van der Waals surface area (Å²) in [5.74, 6) is 0.630. The Bertz CT molecular complexity index is 492. The van der Waals surface area contributed by atoms with Crippen molar-refractivity contribution in [1.29, 1.82) is 0 Å². The smallest absolute Gasteiger partial charge is 0.245 e. The molecule has 2 rings (SSSR count). The molecule has 1 aliphatic rings. The van der Waals surface area contributed by atoms with Gasteiger partial charge < -0.3 is 14.3 Å². The molecule has 0 unspecified atom stereocenters. The fourth-order valence-corrected chi connectivity index (χ4v) is 2.47. The lowest BCUT2D eigenvalue weighted by atomic mass is 9.95. The average Bonchev–Trinajstić information content (AvgIpc) is 3.04. The third kappa shape index (κ3) is 3.90. The van der Waals surface area contributed by atoms with Crippen LogP contribution < -0.4 is 0 Å². The number of likely N-dealkylation sites (tertiary alicyclic amines) is 1. The number of piperidine rings is 1. The van der Waals surface area contributed by atoms with Gasteiger partial charge in [0.05, 0.1) is 0 Å². The number of nitrogens with zero attached hydrogens (tertiary/aromatic N) is 4. The molecule has 1 aromatic rings. The van der Waals surface area contributed by atoms with Crippen LogP contribution in [0.5, 0.6) is 0 Å². The minimum Gasteiger partial charge on any atom is -0.345 e. The fourth-order valence-electron chi connectivity index (χ4n) is 2.47. The number of rotatable bonds is 5. The van der Waals surface area contributed by atoms with Crippen molar-refractivity contribution in [3.63, 3.8) is 0 Å². The van der Waals surface area contributed by atoms with Crippen LogP contribution in [0.25, 0.3) is 0 Å². The molecule has 0 atom stereocenters. The number of hydrogen-bond donors (Lipinski definition) is 0. The molecule has 7 heteroatoms. The van der Waals surface area contributed by atoms with Gasteiger partial charge in [-0.25, -0.2) is 0 Å². The first-order valence-electron chi connectivity index (χ1n) is 7.03. The van der Waals surface area contributed by atoms with E-state index in [1.54, 1.807) is 16.8 Å². The molecular weight excluding hydrogens is 272 g/mol. The number of likely N-dealkylation sites (N-methyl/N-ethyl adjacent to an activating group) is 1. The summed E-state index contributed by atoms with van der Waals surface area (Å²) in [6.45, 7) is 5.26. The number of amides is 2. The highest BCUT2D eigenvalue weighted by Crippen LogP contribution is 2.19. The first kappa shape index (κ1) is 15.2. The maximum atomic E-state index is 12.3. The number of carbonyl (C=O) groups is 2. The van der Waals surface area contributed by atoms with Crippen LogP contribution in [0.4, 0.5) is 0 Å². The molecule has 1 aliphatic heterocycles. The lowest BCUT2D eigenvalue weighted by Gasteiger charge is -2.32. The highest BCUT2D eigenvalue weighted by Gasteiger charge is 2.28. The van der Waals surface area contributed by atoms with E-state index in [0.717, 1.165) is 0 Å². The van der Waals surface area contributed by atoms with Crippen LogP contribution in [0.1, 0.15) is 18.7 Å². The Morgan fingerprint density at radius 3 is 2.81 bits per heavy atom. The first-order valence-corrected chi connectivity index (χ1v) is 7.03. The minimum absolute atomic E-state index is 0.0193. The van der Waals surface area contributed by atoms with Crippen molar-refractivity contribution in [2.24, 2.45) is 5.92 Å². The van der Waals surface area contributed by atoms with Crippen molar-refractivity contribution >= 4 is 11.8 Å². The number of carbonyl (C=O) groups excluding carboxylic acids is 2. The van der Waals surface area contributed by atoms with Crippen molar-refractivity contribution in [2.45, 2.75) is 19.3 Å². The molecule has 1 saturated heterocycles. The minimum atomic E-state index is -0.0636. The predicted molar refractivity (Wildman–Crippen MR) is 75.1 cm³/mol. The van der Waals surface area contributed by atoms with Crippen molar-refractivity contribution in [1.82, 2.24) is 19.9 Å². The van der Waals surface area contributed by atoms with Crippen LogP contribution in [-0.4, -0.2) is 58.4 Å². The van der Waals surface area contributed by atoms with Crippen molar-refractivity contribution in [3.8, 4) is 0 Å². The summed E-state index contributed by atoms with van der Waals surface area (Å²) in [4.78, 5) is 31.2. The van der Waals surface area contributed by atoms with Crippen molar-refractivity contribution < 1.29 is 14.1 Å². The summed E-state index contributed by atoms with van der Waals surface area (Å²) in [7, 11) is 1.78. The van der Waals surface area contributed by atoms with Crippen LogP contribution in [0.2, 0.25) is 0 Å². The van der Waals surface area contributed by atoms with Crippen LogP contribution in [-0.2, 0) is 16.0 Å². The average molecular weight is 292 g/mol. The largest absolute Gasteiger partial charge is 0.345 e. The van der Waals surface area contributed by atoms with E-state index < -0.39 is 0 Å². The van der Waals surface area contributed by atoms with E-state index in [4.69, 9.17) is 0 Å². The second kappa shape index (κ2) is 7.01. The van der Waals surface area contributed by atoms with E-state index in [0.29, 0.717) is 44.7 Å². The van der Waals surface area contributed by atoms with Crippen LogP contribution in [0, 0.1) is 5.92 Å². The van der Waals surface area contributed by atoms with Crippen molar-refractivity contribution in [3.05, 3.63) is 24.9 Å². The van der Waals surface area contributed by atoms with Gasteiger partial charge in [-0.2, -0.15) is 4.98 Å². The number of aromatic nitrogens is 2. The summed E-state index contributed by atoms with van der Waals surface area (Å²) in [6, 6.07) is 0.